The van der Waals surface area contributed by atoms with Crippen LogP contribution in [0, 0.1) is 5.41 Å². The zero-order valence-corrected chi connectivity index (χ0v) is 22.8. The molecule has 3 aliphatic rings. The minimum Gasteiger partial charge on any atom is -0.493 e. The second-order valence-corrected chi connectivity index (χ2v) is 10.9. The largest absolute Gasteiger partial charge is 0.493 e. The minimum atomic E-state index is -0.356. The second kappa shape index (κ2) is 13.2. The fourth-order valence-corrected chi connectivity index (χ4v) is 5.78. The Morgan fingerprint density at radius 1 is 0.872 bits per heavy atom. The standard InChI is InChI=1S/C31H41N3O5/c35-29(33-22-24-10-11-27-28(21-24)39-20-6-19-38-27)23-34-16-13-31(14-17-34)12-4-3-8-25-7-1-2-9-26(25)37-18-5-15-32-30(31)36/h1-2,7,9-11,21H,3-6,8,12-20,22-23H2,(H,32,36)(H,33,35). The molecule has 1 saturated heterocycles. The molecule has 3 aliphatic heterocycles. The number of hydrogen-bond donors (Lipinski definition) is 2. The molecule has 2 N–H and O–H groups in total. The molecule has 0 radical (unpaired) electrons. The number of amides is 2. The maximum atomic E-state index is 13.4. The van der Waals surface area contributed by atoms with Gasteiger partial charge in [-0.15, -0.1) is 0 Å². The average molecular weight is 536 g/mol. The molecule has 0 aliphatic carbocycles. The number of piperidine rings is 1. The molecule has 39 heavy (non-hydrogen) atoms. The van der Waals surface area contributed by atoms with Crippen LogP contribution in [0.25, 0.3) is 0 Å². The van der Waals surface area contributed by atoms with Crippen LogP contribution in [0.2, 0.25) is 0 Å². The van der Waals surface area contributed by atoms with Crippen LogP contribution in [-0.2, 0) is 22.6 Å². The van der Waals surface area contributed by atoms with Gasteiger partial charge in [0.25, 0.3) is 0 Å². The van der Waals surface area contributed by atoms with Crippen LogP contribution >= 0.6 is 0 Å². The predicted octanol–water partition coefficient (Wildman–Crippen LogP) is 3.86. The third kappa shape index (κ3) is 7.24. The van der Waals surface area contributed by atoms with E-state index in [9.17, 15) is 9.59 Å². The molecule has 5 rings (SSSR count). The maximum Gasteiger partial charge on any atom is 0.234 e. The normalized spacial score (nSPS) is 20.2. The molecule has 1 fully saturated rings. The van der Waals surface area contributed by atoms with Crippen LogP contribution in [0.5, 0.6) is 17.2 Å². The summed E-state index contributed by atoms with van der Waals surface area (Å²) in [5, 5.41) is 6.23. The van der Waals surface area contributed by atoms with E-state index in [1.807, 2.05) is 30.3 Å². The smallest absolute Gasteiger partial charge is 0.234 e. The lowest BCUT2D eigenvalue weighted by Gasteiger charge is -2.40. The van der Waals surface area contributed by atoms with E-state index in [1.54, 1.807) is 0 Å². The van der Waals surface area contributed by atoms with Gasteiger partial charge in [0.2, 0.25) is 11.8 Å². The van der Waals surface area contributed by atoms with Crippen molar-refractivity contribution in [1.29, 1.82) is 0 Å². The molecule has 3 heterocycles. The Morgan fingerprint density at radius 2 is 1.64 bits per heavy atom. The molecule has 8 nitrogen and oxygen atoms in total. The summed E-state index contributed by atoms with van der Waals surface area (Å²) in [6, 6.07) is 14.1. The number of hydrogen-bond acceptors (Lipinski definition) is 6. The fourth-order valence-electron chi connectivity index (χ4n) is 5.78. The van der Waals surface area contributed by atoms with Gasteiger partial charge in [-0.25, -0.2) is 0 Å². The topological polar surface area (TPSA) is 89.1 Å². The molecule has 8 heteroatoms. The molecule has 0 atom stereocenters. The van der Waals surface area contributed by atoms with E-state index in [1.165, 1.54) is 5.56 Å². The van der Waals surface area contributed by atoms with Gasteiger partial charge < -0.3 is 24.8 Å². The number of ether oxygens (including phenoxy) is 3. The number of rotatable bonds is 4. The van der Waals surface area contributed by atoms with Gasteiger partial charge in [0, 0.05) is 19.5 Å². The lowest BCUT2D eigenvalue weighted by Crippen LogP contribution is -2.50. The molecule has 2 amide bonds. The molecular weight excluding hydrogens is 494 g/mol. The zero-order valence-electron chi connectivity index (χ0n) is 22.8. The van der Waals surface area contributed by atoms with E-state index in [0.717, 1.165) is 87.3 Å². The number of carbonyl (C=O) groups excluding carboxylic acids is 2. The Morgan fingerprint density at radius 3 is 2.51 bits per heavy atom. The summed E-state index contributed by atoms with van der Waals surface area (Å²) in [5.74, 6) is 2.63. The van der Waals surface area contributed by atoms with Gasteiger partial charge in [-0.1, -0.05) is 30.7 Å². The number of nitrogens with zero attached hydrogens (tertiary/aromatic N) is 1. The van der Waals surface area contributed by atoms with Crippen LogP contribution in [0.3, 0.4) is 0 Å². The van der Waals surface area contributed by atoms with Crippen molar-refractivity contribution >= 4 is 11.8 Å². The lowest BCUT2D eigenvalue weighted by atomic mass is 9.73. The summed E-state index contributed by atoms with van der Waals surface area (Å²) in [6.45, 7) is 4.80. The number of likely N-dealkylation sites (tertiary alicyclic amines) is 1. The highest BCUT2D eigenvalue weighted by molar-refractivity contribution is 5.83. The zero-order chi connectivity index (χ0) is 26.9. The average Bonchev–Trinajstić information content (AvgIpc) is 3.20. The van der Waals surface area contributed by atoms with Gasteiger partial charge in [0.15, 0.2) is 11.5 Å². The summed E-state index contributed by atoms with van der Waals surface area (Å²) in [4.78, 5) is 28.3. The molecule has 1 spiro atoms. The van der Waals surface area contributed by atoms with E-state index in [0.29, 0.717) is 39.5 Å². The number of nitrogens with one attached hydrogen (secondary N) is 2. The quantitative estimate of drug-likeness (QED) is 0.618. The number of fused-ring (bicyclic) bond motifs is 2. The third-order valence-corrected chi connectivity index (χ3v) is 8.15. The first kappa shape index (κ1) is 27.3. The van der Waals surface area contributed by atoms with Crippen LogP contribution in [-0.4, -0.2) is 62.7 Å². The van der Waals surface area contributed by atoms with Crippen molar-refractivity contribution < 1.29 is 23.8 Å². The van der Waals surface area contributed by atoms with Crippen LogP contribution in [0.15, 0.2) is 42.5 Å². The van der Waals surface area contributed by atoms with Gasteiger partial charge in [0.1, 0.15) is 5.75 Å². The SMILES string of the molecule is O=C(CN1CCC2(CCCCc3ccccc3OCCCNC2=O)CC1)NCc1ccc2c(c1)OCCCO2. The molecule has 0 bridgehead atoms. The van der Waals surface area contributed by atoms with Crippen LogP contribution in [0.1, 0.15) is 56.1 Å². The van der Waals surface area contributed by atoms with Gasteiger partial charge >= 0.3 is 0 Å². The number of carbonyl (C=O) groups is 2. The van der Waals surface area contributed by atoms with E-state index in [4.69, 9.17) is 14.2 Å². The summed E-state index contributed by atoms with van der Waals surface area (Å²) in [5.41, 5.74) is 1.88. The second-order valence-electron chi connectivity index (χ2n) is 10.9. The van der Waals surface area contributed by atoms with Gasteiger partial charge in [-0.3, -0.25) is 14.5 Å². The lowest BCUT2D eigenvalue weighted by molar-refractivity contribution is -0.135. The predicted molar refractivity (Wildman–Crippen MR) is 149 cm³/mol. The van der Waals surface area contributed by atoms with Crippen molar-refractivity contribution in [3.8, 4) is 17.2 Å². The van der Waals surface area contributed by atoms with Crippen LogP contribution < -0.4 is 24.8 Å². The van der Waals surface area contributed by atoms with Gasteiger partial charge in [0.05, 0.1) is 31.8 Å². The van der Waals surface area contributed by atoms with Crippen LogP contribution in [0.4, 0.5) is 0 Å². The Bertz CT molecular complexity index is 1130. The minimum absolute atomic E-state index is 0.00359. The Kier molecular flexibility index (Phi) is 9.24. The summed E-state index contributed by atoms with van der Waals surface area (Å²) in [7, 11) is 0. The Labute approximate surface area is 231 Å². The third-order valence-electron chi connectivity index (χ3n) is 8.15. The summed E-state index contributed by atoms with van der Waals surface area (Å²) >= 11 is 0. The number of benzene rings is 2. The van der Waals surface area contributed by atoms with Gasteiger partial charge in [-0.2, -0.15) is 0 Å². The first-order valence-corrected chi connectivity index (χ1v) is 14.5. The summed E-state index contributed by atoms with van der Waals surface area (Å²) in [6.07, 6.45) is 7.08. The van der Waals surface area contributed by atoms with Crippen molar-refractivity contribution in [1.82, 2.24) is 15.5 Å². The number of para-hydroxylation sites is 1. The van der Waals surface area contributed by atoms with Crippen molar-refractivity contribution in [2.75, 3.05) is 46.0 Å². The molecule has 0 saturated carbocycles. The van der Waals surface area contributed by atoms with E-state index in [2.05, 4.69) is 27.7 Å². The fraction of sp³-hybridized carbons (Fsp3) is 0.548. The van der Waals surface area contributed by atoms with Crippen molar-refractivity contribution in [3.63, 3.8) is 0 Å². The maximum absolute atomic E-state index is 13.4. The highest BCUT2D eigenvalue weighted by Gasteiger charge is 2.40. The highest BCUT2D eigenvalue weighted by Crippen LogP contribution is 2.37. The molecular formula is C31H41N3O5. The number of aryl methyl sites for hydroxylation is 1. The van der Waals surface area contributed by atoms with Crippen molar-refractivity contribution in [2.24, 2.45) is 5.41 Å². The first-order valence-electron chi connectivity index (χ1n) is 14.5. The van der Waals surface area contributed by atoms with Crippen molar-refractivity contribution in [3.05, 3.63) is 53.6 Å². The van der Waals surface area contributed by atoms with E-state index >= 15 is 0 Å². The molecule has 210 valence electrons. The molecule has 0 unspecified atom stereocenters. The Hall–Kier alpha value is -3.26. The molecule has 0 aromatic heterocycles. The van der Waals surface area contributed by atoms with Gasteiger partial charge in [-0.05, 0) is 80.9 Å². The van der Waals surface area contributed by atoms with E-state index in [-0.39, 0.29) is 17.2 Å². The molecule has 2 aromatic carbocycles. The highest BCUT2D eigenvalue weighted by atomic mass is 16.5. The van der Waals surface area contributed by atoms with E-state index < -0.39 is 0 Å². The van der Waals surface area contributed by atoms with Crippen molar-refractivity contribution in [2.45, 2.75) is 57.9 Å². The molecule has 2 aromatic rings. The summed E-state index contributed by atoms with van der Waals surface area (Å²) < 4.78 is 17.4. The first-order chi connectivity index (χ1) is 19.1. The Balaban J connectivity index is 1.11. The monoisotopic (exact) mass is 535 g/mol.